The van der Waals surface area contributed by atoms with Crippen LogP contribution in [-0.2, 0) is 18.3 Å². The molecular formula is C16H37N4O6S4-. The molecule has 0 bridgehead atoms. The molecule has 0 aliphatic rings. The van der Waals surface area contributed by atoms with Crippen molar-refractivity contribution in [3.8, 4) is 0 Å². The van der Waals surface area contributed by atoms with Crippen LogP contribution >= 0.6 is 21.6 Å². The largest absolute Gasteiger partial charge is 0.739 e. The van der Waals surface area contributed by atoms with E-state index >= 15 is 0 Å². The molecular weight excluding hydrogens is 472 g/mol. The summed E-state index contributed by atoms with van der Waals surface area (Å²) in [5.74, 6) is 0.613. The molecule has 0 aromatic heterocycles. The molecule has 0 atom stereocenters. The lowest BCUT2D eigenvalue weighted by atomic mass is 10.2. The van der Waals surface area contributed by atoms with Gasteiger partial charge >= 0.3 is 9.15 Å². The van der Waals surface area contributed by atoms with Gasteiger partial charge in [0.25, 0.3) is 0 Å². The van der Waals surface area contributed by atoms with Gasteiger partial charge in [-0.1, -0.05) is 0 Å². The van der Waals surface area contributed by atoms with Crippen molar-refractivity contribution in [1.29, 1.82) is 0 Å². The van der Waals surface area contributed by atoms with Gasteiger partial charge < -0.3 is 25.0 Å². The first kappa shape index (κ1) is 30.4. The molecule has 0 radical (unpaired) electrons. The molecule has 14 heteroatoms. The maximum atomic E-state index is 10.6. The summed E-state index contributed by atoms with van der Waals surface area (Å²) < 4.78 is 61.1. The minimum Gasteiger partial charge on any atom is -0.739 e. The summed E-state index contributed by atoms with van der Waals surface area (Å²) in [6.07, 6.45) is 4.20. The molecule has 0 rings (SSSR count). The number of unbranched alkanes of at least 4 members (excludes halogenated alkanes) is 1. The zero-order valence-electron chi connectivity index (χ0n) is 17.9. The summed E-state index contributed by atoms with van der Waals surface area (Å²) in [5.41, 5.74) is 0. The first-order valence-electron chi connectivity index (χ1n) is 10.0. The van der Waals surface area contributed by atoms with Gasteiger partial charge in [-0.05, 0) is 101 Å². The molecule has 0 saturated carbocycles. The predicted molar refractivity (Wildman–Crippen MR) is 125 cm³/mol. The van der Waals surface area contributed by atoms with E-state index in [4.69, 9.17) is 4.55 Å². The molecule has 182 valence electrons. The molecule has 0 aromatic carbocycles. The van der Waals surface area contributed by atoms with Crippen LogP contribution in [0.5, 0.6) is 0 Å². The average molecular weight is 510 g/mol. The highest BCUT2D eigenvalue weighted by Gasteiger charge is 2.04. The van der Waals surface area contributed by atoms with Crippen LogP contribution in [0.15, 0.2) is 0 Å². The number of nitrogens with one attached hydrogen (secondary N) is 2. The summed E-state index contributed by atoms with van der Waals surface area (Å²) in [5, 5.41) is 6.30. The molecule has 0 saturated heterocycles. The molecule has 0 fully saturated rings. The number of nitrogens with zero attached hydrogens (tertiary/aromatic N) is 2. The lowest BCUT2D eigenvalue weighted by Crippen LogP contribution is -2.28. The summed E-state index contributed by atoms with van der Waals surface area (Å²) in [7, 11) is -2.95. The quantitative estimate of drug-likeness (QED) is 0.111. The Hall–Kier alpha value is 0.360. The van der Waals surface area contributed by atoms with Crippen molar-refractivity contribution in [3.63, 3.8) is 0 Å². The highest BCUT2D eigenvalue weighted by molar-refractivity contribution is 8.70. The summed E-state index contributed by atoms with van der Waals surface area (Å²) in [4.78, 5) is 4.58. The zero-order chi connectivity index (χ0) is 22.9. The van der Waals surface area contributed by atoms with Crippen molar-refractivity contribution in [2.24, 2.45) is 0 Å². The van der Waals surface area contributed by atoms with Gasteiger partial charge in [0.15, 0.2) is 0 Å². The molecule has 0 amide bonds. The van der Waals surface area contributed by atoms with E-state index in [2.05, 4.69) is 34.5 Å². The van der Waals surface area contributed by atoms with Crippen LogP contribution in [0.1, 0.15) is 25.7 Å². The molecule has 0 unspecified atom stereocenters. The standard InChI is InChI=1S/C16H38N4O6S4/c1-19(13-5-7-17-9-15-27-29(21,22)23)11-3-4-12-20(2)14-6-8-18-10-16-28-30(24,25)26/h17-18H,3-16H2,1-2H3,(H,21,22,23)(H,24,25,26)/p-1. The van der Waals surface area contributed by atoms with Gasteiger partial charge in [-0.3, -0.25) is 4.55 Å². The van der Waals surface area contributed by atoms with Gasteiger partial charge in [-0.15, -0.1) is 0 Å². The molecule has 0 aliphatic carbocycles. The third kappa shape index (κ3) is 24.6. The number of hydrogen-bond acceptors (Lipinski definition) is 11. The molecule has 3 N–H and O–H groups in total. The fraction of sp³-hybridized carbons (Fsp3) is 1.00. The maximum Gasteiger partial charge on any atom is 0.319 e. The van der Waals surface area contributed by atoms with Crippen LogP contribution in [0.25, 0.3) is 0 Å². The Morgan fingerprint density at radius 3 is 1.53 bits per heavy atom. The molecule has 0 aliphatic heterocycles. The van der Waals surface area contributed by atoms with Gasteiger partial charge in [0.1, 0.15) is 9.15 Å². The molecule has 0 spiro atoms. The van der Waals surface area contributed by atoms with Gasteiger partial charge in [0.05, 0.1) is 0 Å². The molecule has 0 aromatic rings. The van der Waals surface area contributed by atoms with Crippen molar-refractivity contribution in [2.45, 2.75) is 25.7 Å². The number of rotatable bonds is 21. The third-order valence-corrected chi connectivity index (χ3v) is 8.22. The third-order valence-electron chi connectivity index (χ3n) is 4.13. The fourth-order valence-corrected chi connectivity index (χ4v) is 5.23. The molecule has 30 heavy (non-hydrogen) atoms. The summed E-state index contributed by atoms with van der Waals surface area (Å²) in [6, 6.07) is 0. The molecule has 10 nitrogen and oxygen atoms in total. The smallest absolute Gasteiger partial charge is 0.319 e. The Bertz CT molecular complexity index is 567. The van der Waals surface area contributed by atoms with Crippen molar-refractivity contribution in [1.82, 2.24) is 20.4 Å². The number of hydrogen-bond donors (Lipinski definition) is 3. The highest BCUT2D eigenvalue weighted by atomic mass is 33.2. The van der Waals surface area contributed by atoms with Crippen LogP contribution in [0, 0.1) is 0 Å². The monoisotopic (exact) mass is 509 g/mol. The lowest BCUT2D eigenvalue weighted by molar-refractivity contribution is 0.288. The van der Waals surface area contributed by atoms with Crippen LogP contribution in [-0.4, -0.2) is 114 Å². The first-order chi connectivity index (χ1) is 14.0. The van der Waals surface area contributed by atoms with E-state index in [1.54, 1.807) is 0 Å². The highest BCUT2D eigenvalue weighted by Crippen LogP contribution is 2.07. The second-order valence-corrected chi connectivity index (χ2v) is 13.9. The Morgan fingerprint density at radius 1 is 0.733 bits per heavy atom. The Kier molecular flexibility index (Phi) is 18.1. The minimum absolute atomic E-state index is 0.276. The Morgan fingerprint density at radius 2 is 1.13 bits per heavy atom. The summed E-state index contributed by atoms with van der Waals surface area (Å²) >= 11 is 0. The zero-order valence-corrected chi connectivity index (χ0v) is 21.2. The first-order valence-corrected chi connectivity index (χ1v) is 15.9. The van der Waals surface area contributed by atoms with E-state index in [0.29, 0.717) is 40.4 Å². The fourth-order valence-electron chi connectivity index (χ4n) is 2.62. The van der Waals surface area contributed by atoms with E-state index in [9.17, 15) is 21.4 Å². The topological polar surface area (TPSA) is 142 Å². The Balaban J connectivity index is 3.42. The maximum absolute atomic E-state index is 10.6. The van der Waals surface area contributed by atoms with Crippen molar-refractivity contribution < 1.29 is 25.9 Å². The second kappa shape index (κ2) is 17.9. The van der Waals surface area contributed by atoms with E-state index < -0.39 is 18.3 Å². The van der Waals surface area contributed by atoms with Crippen LogP contribution in [0.3, 0.4) is 0 Å². The van der Waals surface area contributed by atoms with Crippen molar-refractivity contribution in [2.75, 3.05) is 78.0 Å². The van der Waals surface area contributed by atoms with Crippen molar-refractivity contribution in [3.05, 3.63) is 0 Å². The summed E-state index contributed by atoms with van der Waals surface area (Å²) in [6.45, 7) is 6.70. The Labute approximate surface area is 189 Å². The lowest BCUT2D eigenvalue weighted by Gasteiger charge is -2.19. The van der Waals surface area contributed by atoms with Crippen LogP contribution in [0.4, 0.5) is 0 Å². The van der Waals surface area contributed by atoms with Gasteiger partial charge in [-0.2, -0.15) is 8.42 Å². The van der Waals surface area contributed by atoms with Gasteiger partial charge in [0, 0.05) is 24.6 Å². The molecule has 0 heterocycles. The predicted octanol–water partition coefficient (Wildman–Crippen LogP) is 0.319. The van der Waals surface area contributed by atoms with Gasteiger partial charge in [0.2, 0.25) is 0 Å². The normalized spacial score (nSPS) is 12.9. The SMILES string of the molecule is CN(CCCCN(C)CCCNCCSS(=O)(=O)O)CCCNCCSS(=O)(=O)[O-]. The van der Waals surface area contributed by atoms with E-state index in [1.165, 1.54) is 0 Å². The van der Waals surface area contributed by atoms with Gasteiger partial charge in [-0.25, -0.2) is 8.42 Å². The van der Waals surface area contributed by atoms with Crippen molar-refractivity contribution >= 4 is 39.9 Å². The van der Waals surface area contributed by atoms with E-state index in [-0.39, 0.29) is 5.75 Å². The van der Waals surface area contributed by atoms with E-state index in [0.717, 1.165) is 65.0 Å². The average Bonchev–Trinajstić information content (AvgIpc) is 2.62. The van der Waals surface area contributed by atoms with E-state index in [1.807, 2.05) is 0 Å². The van der Waals surface area contributed by atoms with Crippen LogP contribution < -0.4 is 10.6 Å². The minimum atomic E-state index is -4.18. The second-order valence-electron chi connectivity index (χ2n) is 7.00. The van der Waals surface area contributed by atoms with Crippen LogP contribution in [0.2, 0.25) is 0 Å².